The zero-order valence-corrected chi connectivity index (χ0v) is 33.3. The average Bonchev–Trinajstić information content (AvgIpc) is 3.68. The third-order valence-corrected chi connectivity index (χ3v) is 13.9. The van der Waals surface area contributed by atoms with Gasteiger partial charge in [-0.15, -0.1) is 0 Å². The van der Waals surface area contributed by atoms with Crippen molar-refractivity contribution in [1.82, 2.24) is 0 Å². The van der Waals surface area contributed by atoms with E-state index in [0.717, 1.165) is 24.3 Å². The summed E-state index contributed by atoms with van der Waals surface area (Å²) in [6, 6.07) is 53.6. The van der Waals surface area contributed by atoms with Crippen molar-refractivity contribution in [1.29, 1.82) is 0 Å². The van der Waals surface area contributed by atoms with Gasteiger partial charge in [0.25, 0.3) is 0 Å². The molecule has 0 bridgehead atoms. The minimum Gasteiger partial charge on any atom is -0.179 e. The van der Waals surface area contributed by atoms with E-state index < -0.39 is 0 Å². The first-order chi connectivity index (χ1) is 26.8. The van der Waals surface area contributed by atoms with Gasteiger partial charge >= 0.3 is 0 Å². The topological polar surface area (TPSA) is 0 Å². The van der Waals surface area contributed by atoms with Gasteiger partial charge in [-0.1, -0.05) is 148 Å². The largest absolute Gasteiger partial charge is 0.179 e. The molecule has 0 heterocycles. The highest BCUT2D eigenvalue weighted by Crippen LogP contribution is 2.55. The molecule has 0 fully saturated rings. The summed E-state index contributed by atoms with van der Waals surface area (Å²) >= 11 is 9.95. The van der Waals surface area contributed by atoms with Crippen molar-refractivity contribution in [3.63, 3.8) is 0 Å². The van der Waals surface area contributed by atoms with Crippen LogP contribution in [0.3, 0.4) is 0 Å². The monoisotopic (exact) mass is 742 g/mol. The van der Waals surface area contributed by atoms with Crippen molar-refractivity contribution < 1.29 is 0 Å². The van der Waals surface area contributed by atoms with Gasteiger partial charge < -0.3 is 0 Å². The highest BCUT2D eigenvalue weighted by molar-refractivity contribution is 7.80. The van der Waals surface area contributed by atoms with Gasteiger partial charge in [-0.05, 0) is 152 Å². The van der Waals surface area contributed by atoms with Gasteiger partial charge in [0.2, 0.25) is 0 Å². The summed E-state index contributed by atoms with van der Waals surface area (Å²) in [5.41, 5.74) is 17.2. The number of rotatable bonds is 6. The Morgan fingerprint density at radius 3 is 1.62 bits per heavy atom. The fourth-order valence-corrected chi connectivity index (χ4v) is 11.0. The first-order valence-electron chi connectivity index (χ1n) is 19.7. The van der Waals surface area contributed by atoms with E-state index in [0.29, 0.717) is 0 Å². The predicted molar refractivity (Wildman–Crippen MR) is 245 cm³/mol. The van der Waals surface area contributed by atoms with E-state index in [9.17, 15) is 0 Å². The van der Waals surface area contributed by atoms with Crippen LogP contribution in [0.25, 0.3) is 98.7 Å². The van der Waals surface area contributed by atoms with Crippen molar-refractivity contribution in [3.8, 4) is 55.6 Å². The van der Waals surface area contributed by atoms with Gasteiger partial charge in [0, 0.05) is 11.2 Å². The van der Waals surface area contributed by atoms with Crippen LogP contribution in [-0.4, -0.2) is 11.5 Å². The number of hydrogen-bond acceptors (Lipinski definition) is 2. The molecule has 266 valence electrons. The van der Waals surface area contributed by atoms with Gasteiger partial charge in [0.1, 0.15) is 0 Å². The molecule has 9 aromatic carbocycles. The lowest BCUT2D eigenvalue weighted by molar-refractivity contribution is 0.537. The number of thiol groups is 2. The van der Waals surface area contributed by atoms with E-state index in [4.69, 9.17) is 25.3 Å². The summed E-state index contributed by atoms with van der Waals surface area (Å²) in [7, 11) is 0. The third-order valence-electron chi connectivity index (χ3n) is 13.0. The van der Waals surface area contributed by atoms with Crippen molar-refractivity contribution in [2.75, 3.05) is 11.5 Å². The number of hydrogen-bond donors (Lipinski definition) is 2. The van der Waals surface area contributed by atoms with Crippen molar-refractivity contribution in [3.05, 3.63) is 156 Å². The summed E-state index contributed by atoms with van der Waals surface area (Å²) < 4.78 is 0. The Hall–Kier alpha value is -5.02. The normalized spacial score (nSPS) is 15.7. The summed E-state index contributed by atoms with van der Waals surface area (Å²) in [6.07, 6.45) is 2.02. The van der Waals surface area contributed by atoms with Crippen LogP contribution in [0.1, 0.15) is 50.3 Å². The van der Waals surface area contributed by atoms with E-state index in [1.54, 1.807) is 0 Å². The van der Waals surface area contributed by atoms with Crippen LogP contribution >= 0.6 is 25.3 Å². The molecule has 0 spiro atoms. The summed E-state index contributed by atoms with van der Waals surface area (Å²) in [5.74, 6) is 1.59. The van der Waals surface area contributed by atoms with Gasteiger partial charge in [-0.3, -0.25) is 0 Å². The van der Waals surface area contributed by atoms with Gasteiger partial charge in [-0.2, -0.15) is 25.3 Å². The average molecular weight is 743 g/mol. The lowest BCUT2D eigenvalue weighted by atomic mass is 9.75. The minimum absolute atomic E-state index is 0.0902. The van der Waals surface area contributed by atoms with E-state index in [1.165, 1.54) is 115 Å². The van der Waals surface area contributed by atoms with Crippen molar-refractivity contribution in [2.45, 2.75) is 44.4 Å². The van der Waals surface area contributed by atoms with Crippen molar-refractivity contribution >= 4 is 68.3 Å². The molecule has 0 aliphatic heterocycles. The number of benzene rings is 9. The summed E-state index contributed by atoms with van der Waals surface area (Å²) in [4.78, 5) is 0. The maximum Gasteiger partial charge on any atom is 0.0303 e. The maximum atomic E-state index is 5.22. The molecular formula is C53H42S2. The second-order valence-electron chi connectivity index (χ2n) is 17.0. The molecule has 2 aliphatic carbocycles. The Morgan fingerprint density at radius 2 is 0.982 bits per heavy atom. The molecule has 0 saturated heterocycles. The minimum atomic E-state index is -0.221. The third kappa shape index (κ3) is 4.68. The van der Waals surface area contributed by atoms with E-state index in [2.05, 4.69) is 160 Å². The fraction of sp³-hybridized carbons (Fsp3) is 0.170. The van der Waals surface area contributed by atoms with Crippen LogP contribution in [0.5, 0.6) is 0 Å². The molecule has 0 saturated carbocycles. The first kappa shape index (κ1) is 33.3. The first-order valence-corrected chi connectivity index (χ1v) is 20.9. The van der Waals surface area contributed by atoms with Crippen LogP contribution in [-0.2, 0) is 10.8 Å². The number of fused-ring (bicyclic) bond motifs is 6. The Bertz CT molecular complexity index is 3000. The molecule has 0 nitrogen and oxygen atoms in total. The molecule has 1 atom stereocenters. The Balaban J connectivity index is 1.07. The molecule has 0 aromatic heterocycles. The molecule has 55 heavy (non-hydrogen) atoms. The van der Waals surface area contributed by atoms with Crippen LogP contribution in [0, 0.1) is 0 Å². The van der Waals surface area contributed by atoms with Gasteiger partial charge in [-0.25, -0.2) is 0 Å². The standard InChI is InChI=1S/C53H42S2/c1-52(2,3)36-26-34-13-12-31-14-18-37(45-21-17-35(27-36)49(34)50(31)45)32-15-19-41-42-20-16-33(29-48(42)53(30-55,24-7-25-54)47(41)28-32)38-22-23-46-40-9-5-4-8-39(40)44-11-6-10-43(38)51(44)46/h4-6,8-23,26-29,54-55H,7,24-25,30H2,1-3H3. The van der Waals surface area contributed by atoms with Crippen LogP contribution in [0.2, 0.25) is 0 Å². The second-order valence-corrected chi connectivity index (χ2v) is 17.7. The molecule has 9 aromatic rings. The maximum absolute atomic E-state index is 5.22. The van der Waals surface area contributed by atoms with E-state index in [-0.39, 0.29) is 10.8 Å². The van der Waals surface area contributed by atoms with E-state index >= 15 is 0 Å². The Kier molecular flexibility index (Phi) is 7.26. The van der Waals surface area contributed by atoms with Gasteiger partial charge in [0.05, 0.1) is 0 Å². The smallest absolute Gasteiger partial charge is 0.0303 e. The second kappa shape index (κ2) is 12.0. The van der Waals surface area contributed by atoms with Gasteiger partial charge in [0.15, 0.2) is 0 Å². The molecule has 2 aliphatic rings. The zero-order valence-electron chi connectivity index (χ0n) is 31.5. The summed E-state index contributed by atoms with van der Waals surface area (Å²) in [5, 5.41) is 10.7. The molecular weight excluding hydrogens is 701 g/mol. The van der Waals surface area contributed by atoms with Crippen LogP contribution in [0.15, 0.2) is 140 Å². The quantitative estimate of drug-likeness (QED) is 0.123. The predicted octanol–water partition coefficient (Wildman–Crippen LogP) is 14.9. The molecule has 2 heteroatoms. The fourth-order valence-electron chi connectivity index (χ4n) is 10.3. The van der Waals surface area contributed by atoms with Crippen LogP contribution < -0.4 is 0 Å². The highest BCUT2D eigenvalue weighted by Gasteiger charge is 2.42. The lowest BCUT2D eigenvalue weighted by Crippen LogP contribution is -2.28. The van der Waals surface area contributed by atoms with Crippen molar-refractivity contribution in [2.24, 2.45) is 0 Å². The molecule has 1 unspecified atom stereocenters. The molecule has 0 radical (unpaired) electrons. The Morgan fingerprint density at radius 1 is 0.455 bits per heavy atom. The molecule has 11 rings (SSSR count). The van der Waals surface area contributed by atoms with E-state index in [1.807, 2.05) is 0 Å². The molecule has 0 amide bonds. The molecule has 0 N–H and O–H groups in total. The van der Waals surface area contributed by atoms with Crippen LogP contribution in [0.4, 0.5) is 0 Å². The Labute approximate surface area is 334 Å². The zero-order chi connectivity index (χ0) is 37.2. The SMILES string of the molecule is CC(C)(C)c1cc2ccc3ccc(-c4ccc5c(c4)C(CS)(CCCS)c4cc(-c6ccc7c8c(cccc68)-c6ccccc6-7)ccc4-5)c4ccc(c1)c2c34. The summed E-state index contributed by atoms with van der Waals surface area (Å²) in [6.45, 7) is 6.91. The lowest BCUT2D eigenvalue weighted by Gasteiger charge is -2.31. The highest BCUT2D eigenvalue weighted by atomic mass is 32.1.